The zero-order valence-electron chi connectivity index (χ0n) is 27.3. The number of carbonyl (C=O) groups is 2. The second kappa shape index (κ2) is 33.1. The third-order valence-electron chi connectivity index (χ3n) is 7.24. The fourth-order valence-corrected chi connectivity index (χ4v) is 4.72. The van der Waals surface area contributed by atoms with E-state index in [9.17, 15) is 9.59 Å². The van der Waals surface area contributed by atoms with E-state index >= 15 is 0 Å². The van der Waals surface area contributed by atoms with E-state index in [0.717, 1.165) is 83.5 Å². The van der Waals surface area contributed by atoms with E-state index in [1.165, 1.54) is 51.4 Å². The average molecular weight is 585 g/mol. The number of unbranched alkanes of at least 4 members (excludes halogenated alkanes) is 13. The normalized spacial score (nSPS) is 13.0. The Kier molecular flexibility index (Phi) is 31.3. The Morgan fingerprint density at radius 2 is 0.952 bits per heavy atom. The lowest BCUT2D eigenvalue weighted by atomic mass is 10.0. The quantitative estimate of drug-likeness (QED) is 0.0518. The second-order valence-electron chi connectivity index (χ2n) is 11.4. The number of hydrogen-bond acceptors (Lipinski definition) is 3. The van der Waals surface area contributed by atoms with Gasteiger partial charge in [-0.15, -0.1) is 0 Å². The van der Waals surface area contributed by atoms with E-state index in [2.05, 4.69) is 67.7 Å². The molecule has 0 fully saturated rings. The van der Waals surface area contributed by atoms with Gasteiger partial charge < -0.3 is 9.84 Å². The Bertz CT molecular complexity index is 759. The molecule has 0 bridgehead atoms. The van der Waals surface area contributed by atoms with E-state index in [4.69, 9.17) is 9.84 Å². The van der Waals surface area contributed by atoms with Crippen molar-refractivity contribution >= 4 is 11.9 Å². The lowest BCUT2D eigenvalue weighted by Gasteiger charge is -2.13. The second-order valence-corrected chi connectivity index (χ2v) is 11.4. The lowest BCUT2D eigenvalue weighted by Crippen LogP contribution is -2.14. The number of ether oxygens (including phenoxy) is 1. The molecule has 1 atom stereocenters. The van der Waals surface area contributed by atoms with Crippen molar-refractivity contribution in [2.24, 2.45) is 0 Å². The smallest absolute Gasteiger partial charge is 0.306 e. The highest BCUT2D eigenvalue weighted by molar-refractivity contribution is 5.69. The maximum absolute atomic E-state index is 12.1. The number of carbonyl (C=O) groups excluding carboxylic acids is 1. The number of esters is 1. The summed E-state index contributed by atoms with van der Waals surface area (Å²) in [6, 6.07) is 0. The first kappa shape index (κ1) is 39.6. The topological polar surface area (TPSA) is 63.6 Å². The molecular weight excluding hydrogens is 520 g/mol. The van der Waals surface area contributed by atoms with Crippen LogP contribution in [0.3, 0.4) is 0 Å². The largest absolute Gasteiger partial charge is 0.481 e. The number of allylic oxidation sites excluding steroid dienone is 10. The SMILES string of the molecule is CC/C=C\C/C=C\C/C=C\C/C=C\C/C=C\CCCCCCCC(=O)OC(C)CCCCCCCCCCCC(=O)O. The van der Waals surface area contributed by atoms with Crippen LogP contribution < -0.4 is 0 Å². The third kappa shape index (κ3) is 33.8. The van der Waals surface area contributed by atoms with Crippen LogP contribution in [0.15, 0.2) is 60.8 Å². The molecule has 0 radical (unpaired) electrons. The molecule has 0 amide bonds. The van der Waals surface area contributed by atoms with Crippen molar-refractivity contribution in [1.29, 1.82) is 0 Å². The highest BCUT2D eigenvalue weighted by Crippen LogP contribution is 2.14. The first-order valence-electron chi connectivity index (χ1n) is 17.2. The van der Waals surface area contributed by atoms with E-state index in [1.807, 2.05) is 6.92 Å². The monoisotopic (exact) mass is 584 g/mol. The van der Waals surface area contributed by atoms with Gasteiger partial charge in [0.25, 0.3) is 0 Å². The maximum Gasteiger partial charge on any atom is 0.306 e. The van der Waals surface area contributed by atoms with Crippen LogP contribution in [-0.4, -0.2) is 23.1 Å². The molecule has 240 valence electrons. The van der Waals surface area contributed by atoms with Crippen molar-refractivity contribution in [3.63, 3.8) is 0 Å². The molecule has 4 nitrogen and oxygen atoms in total. The van der Waals surface area contributed by atoms with E-state index in [1.54, 1.807) is 0 Å². The van der Waals surface area contributed by atoms with Crippen molar-refractivity contribution in [3.8, 4) is 0 Å². The standard InChI is InChI=1S/C38H64O4/c1-3-4-5-6-7-8-9-10-11-12-13-14-15-16-17-18-19-23-26-29-32-35-38(41)42-36(2)33-30-27-24-21-20-22-25-28-31-34-37(39)40/h4-5,7-8,10-11,13-14,16-17,36H,3,6,9,12,15,18-35H2,1-2H3,(H,39,40)/b5-4-,8-7-,11-10-,14-13-,17-16-. The van der Waals surface area contributed by atoms with Crippen molar-refractivity contribution in [1.82, 2.24) is 0 Å². The van der Waals surface area contributed by atoms with Crippen LogP contribution in [0.25, 0.3) is 0 Å². The Hall–Kier alpha value is -2.36. The van der Waals surface area contributed by atoms with Crippen molar-refractivity contribution in [3.05, 3.63) is 60.8 Å². The Morgan fingerprint density at radius 1 is 0.548 bits per heavy atom. The van der Waals surface area contributed by atoms with Gasteiger partial charge in [0.05, 0.1) is 6.10 Å². The van der Waals surface area contributed by atoms with Gasteiger partial charge in [-0.2, -0.15) is 0 Å². The van der Waals surface area contributed by atoms with Gasteiger partial charge in [0.2, 0.25) is 0 Å². The van der Waals surface area contributed by atoms with Gasteiger partial charge in [-0.05, 0) is 77.6 Å². The molecule has 0 aliphatic carbocycles. The summed E-state index contributed by atoms with van der Waals surface area (Å²) in [5, 5.41) is 8.64. The highest BCUT2D eigenvalue weighted by Gasteiger charge is 2.09. The Balaban J connectivity index is 3.46. The highest BCUT2D eigenvalue weighted by atomic mass is 16.5. The van der Waals surface area contributed by atoms with Crippen molar-refractivity contribution in [2.75, 3.05) is 0 Å². The first-order valence-corrected chi connectivity index (χ1v) is 17.2. The maximum atomic E-state index is 12.1. The number of rotatable bonds is 30. The predicted octanol–water partition coefficient (Wildman–Crippen LogP) is 11.8. The molecule has 0 heterocycles. The van der Waals surface area contributed by atoms with Crippen LogP contribution in [0.5, 0.6) is 0 Å². The molecule has 1 unspecified atom stereocenters. The van der Waals surface area contributed by atoms with E-state index < -0.39 is 5.97 Å². The molecule has 1 N–H and O–H groups in total. The van der Waals surface area contributed by atoms with Gasteiger partial charge in [-0.3, -0.25) is 9.59 Å². The van der Waals surface area contributed by atoms with Gasteiger partial charge in [-0.1, -0.05) is 132 Å². The first-order chi connectivity index (χ1) is 20.6. The molecule has 42 heavy (non-hydrogen) atoms. The fourth-order valence-electron chi connectivity index (χ4n) is 4.72. The average Bonchev–Trinajstić information content (AvgIpc) is 2.96. The zero-order valence-corrected chi connectivity index (χ0v) is 27.3. The minimum atomic E-state index is -0.686. The summed E-state index contributed by atoms with van der Waals surface area (Å²) >= 11 is 0. The minimum Gasteiger partial charge on any atom is -0.481 e. The predicted molar refractivity (Wildman–Crippen MR) is 181 cm³/mol. The van der Waals surface area contributed by atoms with Crippen LogP contribution in [0.4, 0.5) is 0 Å². The summed E-state index contributed by atoms with van der Waals surface area (Å²) in [6.45, 7) is 4.18. The summed E-state index contributed by atoms with van der Waals surface area (Å²) < 4.78 is 5.59. The molecule has 0 saturated carbocycles. The van der Waals surface area contributed by atoms with Gasteiger partial charge in [-0.25, -0.2) is 0 Å². The summed E-state index contributed by atoms with van der Waals surface area (Å²) in [4.78, 5) is 22.6. The minimum absolute atomic E-state index is 0.0233. The van der Waals surface area contributed by atoms with Crippen molar-refractivity contribution < 1.29 is 19.4 Å². The number of aliphatic carboxylic acids is 1. The van der Waals surface area contributed by atoms with Crippen molar-refractivity contribution in [2.45, 2.75) is 168 Å². The number of hydrogen-bond donors (Lipinski definition) is 1. The summed E-state index contributed by atoms with van der Waals surface area (Å²) in [7, 11) is 0. The number of carboxylic acid groups (broad SMARTS) is 1. The third-order valence-corrected chi connectivity index (χ3v) is 7.24. The molecular formula is C38H64O4. The Labute approximate surface area is 259 Å². The number of carboxylic acids is 1. The van der Waals surface area contributed by atoms with Gasteiger partial charge in [0.1, 0.15) is 0 Å². The molecule has 0 rings (SSSR count). The van der Waals surface area contributed by atoms with Gasteiger partial charge in [0.15, 0.2) is 0 Å². The molecule has 0 aromatic carbocycles. The summed E-state index contributed by atoms with van der Waals surface area (Å²) in [5.41, 5.74) is 0. The molecule has 4 heteroatoms. The molecule has 0 aliphatic rings. The Morgan fingerprint density at radius 3 is 1.45 bits per heavy atom. The molecule has 0 aliphatic heterocycles. The zero-order chi connectivity index (χ0) is 30.8. The van der Waals surface area contributed by atoms with Gasteiger partial charge in [0, 0.05) is 12.8 Å². The lowest BCUT2D eigenvalue weighted by molar-refractivity contribution is -0.148. The summed E-state index contributed by atoms with van der Waals surface area (Å²) in [5.74, 6) is -0.724. The van der Waals surface area contributed by atoms with Crippen LogP contribution in [0, 0.1) is 0 Å². The molecule has 0 aromatic heterocycles. The summed E-state index contributed by atoms with van der Waals surface area (Å²) in [6.07, 6.45) is 46.4. The van der Waals surface area contributed by atoms with E-state index in [0.29, 0.717) is 12.8 Å². The van der Waals surface area contributed by atoms with Gasteiger partial charge >= 0.3 is 11.9 Å². The van der Waals surface area contributed by atoms with Crippen LogP contribution >= 0.6 is 0 Å². The van der Waals surface area contributed by atoms with Crippen LogP contribution in [0.1, 0.15) is 162 Å². The molecule has 0 aromatic rings. The van der Waals surface area contributed by atoms with Crippen LogP contribution in [0.2, 0.25) is 0 Å². The fraction of sp³-hybridized carbons (Fsp3) is 0.684. The molecule has 0 saturated heterocycles. The molecule has 0 spiro atoms. The van der Waals surface area contributed by atoms with E-state index in [-0.39, 0.29) is 12.1 Å². The van der Waals surface area contributed by atoms with Crippen LogP contribution in [-0.2, 0) is 14.3 Å².